The monoisotopic (exact) mass is 616 g/mol. The van der Waals surface area contributed by atoms with Crippen LogP contribution in [0.3, 0.4) is 0 Å². The Labute approximate surface area is 275 Å². The number of hydrogen-bond acceptors (Lipinski definition) is 4. The molecule has 5 heteroatoms. The van der Waals surface area contributed by atoms with Gasteiger partial charge in [0.1, 0.15) is 11.2 Å². The minimum Gasteiger partial charge on any atom is -0.456 e. The number of rotatable bonds is 2. The minimum absolute atomic E-state index is 0.116. The maximum Gasteiger partial charge on any atom is 0.252 e. The molecule has 0 N–H and O–H groups in total. The van der Waals surface area contributed by atoms with Gasteiger partial charge in [-0.3, -0.25) is 0 Å². The third-order valence-electron chi connectivity index (χ3n) is 10.0. The van der Waals surface area contributed by atoms with Crippen molar-refractivity contribution in [2.75, 3.05) is 9.80 Å². The molecule has 0 saturated carbocycles. The average molecular weight is 617 g/mol. The summed E-state index contributed by atoms with van der Waals surface area (Å²) in [5.74, 6) is 0. The summed E-state index contributed by atoms with van der Waals surface area (Å²) in [5, 5.41) is 4.89. The minimum atomic E-state index is 0.116. The zero-order valence-electron chi connectivity index (χ0n) is 25.2. The van der Waals surface area contributed by atoms with Crippen molar-refractivity contribution in [2.24, 2.45) is 0 Å². The van der Waals surface area contributed by atoms with E-state index in [4.69, 9.17) is 4.42 Å². The van der Waals surface area contributed by atoms with E-state index in [9.17, 15) is 0 Å². The van der Waals surface area contributed by atoms with Crippen LogP contribution in [0.4, 0.5) is 34.1 Å². The Morgan fingerprint density at radius 1 is 0.426 bits per heavy atom. The van der Waals surface area contributed by atoms with Crippen LogP contribution in [-0.2, 0) is 0 Å². The second-order valence-electron chi connectivity index (χ2n) is 12.5. The third-order valence-corrected chi connectivity index (χ3v) is 11.2. The van der Waals surface area contributed by atoms with E-state index in [2.05, 4.69) is 149 Å². The van der Waals surface area contributed by atoms with Crippen molar-refractivity contribution in [3.05, 3.63) is 152 Å². The van der Waals surface area contributed by atoms with Crippen molar-refractivity contribution in [1.29, 1.82) is 0 Å². The standard InChI is InChI=1S/C42H25BN2OS/c1-7-18-38-28(10-1)30-24-26(20-22-39(30)46-38)44-34-14-5-3-12-32(34)43-33-13-4-6-15-35(33)45(37-17-9-16-36(44)42(37)43)27-21-23-41-31(25-27)29-11-2-8-19-40(29)47-41/h1-25H. The number of thiophene rings is 1. The molecule has 2 aliphatic heterocycles. The molecule has 0 aliphatic carbocycles. The molecule has 47 heavy (non-hydrogen) atoms. The fraction of sp³-hybridized carbons (Fsp3) is 0. The van der Waals surface area contributed by atoms with Crippen molar-refractivity contribution in [1.82, 2.24) is 0 Å². The topological polar surface area (TPSA) is 19.6 Å². The maximum atomic E-state index is 6.23. The van der Waals surface area contributed by atoms with Gasteiger partial charge >= 0.3 is 0 Å². The first kappa shape index (κ1) is 25.4. The van der Waals surface area contributed by atoms with Crippen LogP contribution in [0.25, 0.3) is 42.1 Å². The van der Waals surface area contributed by atoms with Crippen LogP contribution in [0.2, 0.25) is 0 Å². The number of nitrogens with zero attached hydrogens (tertiary/aromatic N) is 2. The Bertz CT molecular complexity index is 2560. The van der Waals surface area contributed by atoms with Gasteiger partial charge in [0, 0.05) is 65.1 Å². The van der Waals surface area contributed by atoms with Gasteiger partial charge in [-0.05, 0) is 89.2 Å². The van der Waals surface area contributed by atoms with Crippen LogP contribution in [0.5, 0.6) is 0 Å². The van der Waals surface area contributed by atoms with Gasteiger partial charge in [-0.25, -0.2) is 0 Å². The predicted molar refractivity (Wildman–Crippen MR) is 201 cm³/mol. The molecular weight excluding hydrogens is 591 g/mol. The van der Waals surface area contributed by atoms with E-state index in [1.165, 1.54) is 65.0 Å². The first-order valence-electron chi connectivity index (χ1n) is 16.1. The first-order valence-corrected chi connectivity index (χ1v) is 16.9. The SMILES string of the molecule is c1ccc2c(c1)B1c3ccccc3N(c3ccc4sc5ccccc5c4c3)c3cccc(c31)N2c1ccc2oc3ccccc3c2c1. The first-order chi connectivity index (χ1) is 23.3. The average Bonchev–Trinajstić information content (AvgIpc) is 3.69. The molecule has 218 valence electrons. The van der Waals surface area contributed by atoms with Gasteiger partial charge in [-0.2, -0.15) is 0 Å². The molecule has 0 spiro atoms. The Morgan fingerprint density at radius 2 is 0.979 bits per heavy atom. The van der Waals surface area contributed by atoms with Gasteiger partial charge in [-0.1, -0.05) is 78.9 Å². The summed E-state index contributed by atoms with van der Waals surface area (Å²) in [4.78, 5) is 4.93. The fourth-order valence-electron chi connectivity index (χ4n) is 8.10. The van der Waals surface area contributed by atoms with Crippen LogP contribution >= 0.6 is 11.3 Å². The van der Waals surface area contributed by atoms with Crippen molar-refractivity contribution in [3.63, 3.8) is 0 Å². The van der Waals surface area contributed by atoms with Gasteiger partial charge in [0.2, 0.25) is 0 Å². The molecule has 4 heterocycles. The van der Waals surface area contributed by atoms with Gasteiger partial charge in [-0.15, -0.1) is 11.3 Å². The molecule has 2 aromatic heterocycles. The molecular formula is C42H25BN2OS. The van der Waals surface area contributed by atoms with Crippen molar-refractivity contribution in [2.45, 2.75) is 0 Å². The molecule has 0 bridgehead atoms. The summed E-state index contributed by atoms with van der Waals surface area (Å²) >= 11 is 1.86. The third kappa shape index (κ3) is 3.47. The van der Waals surface area contributed by atoms with Crippen LogP contribution in [0.1, 0.15) is 0 Å². The number of fused-ring (bicyclic) bond motifs is 10. The lowest BCUT2D eigenvalue weighted by atomic mass is 9.33. The lowest BCUT2D eigenvalue weighted by Crippen LogP contribution is -2.61. The van der Waals surface area contributed by atoms with Crippen molar-refractivity contribution < 1.29 is 4.42 Å². The van der Waals surface area contributed by atoms with Gasteiger partial charge < -0.3 is 14.2 Å². The highest BCUT2D eigenvalue weighted by Crippen LogP contribution is 2.46. The molecule has 0 unspecified atom stereocenters. The number of benzene rings is 7. The maximum absolute atomic E-state index is 6.23. The largest absolute Gasteiger partial charge is 0.456 e. The smallest absolute Gasteiger partial charge is 0.252 e. The molecule has 0 radical (unpaired) electrons. The number of para-hydroxylation sites is 3. The van der Waals surface area contributed by atoms with Gasteiger partial charge in [0.05, 0.1) is 0 Å². The summed E-state index contributed by atoms with van der Waals surface area (Å²) in [6.07, 6.45) is 0. The van der Waals surface area contributed by atoms with Gasteiger partial charge in [0.15, 0.2) is 0 Å². The normalized spacial score (nSPS) is 13.4. The summed E-state index contributed by atoms with van der Waals surface area (Å²) < 4.78 is 8.87. The lowest BCUT2D eigenvalue weighted by Gasteiger charge is -2.44. The Morgan fingerprint density at radius 3 is 1.74 bits per heavy atom. The predicted octanol–water partition coefficient (Wildman–Crippen LogP) is 10.0. The van der Waals surface area contributed by atoms with E-state index in [1.54, 1.807) is 0 Å². The fourth-order valence-corrected chi connectivity index (χ4v) is 9.18. The van der Waals surface area contributed by atoms with Crippen LogP contribution < -0.4 is 26.2 Å². The number of furan rings is 1. The molecule has 0 atom stereocenters. The second kappa shape index (κ2) is 9.38. The number of hydrogen-bond donors (Lipinski definition) is 0. The molecule has 0 saturated heterocycles. The van der Waals surface area contributed by atoms with Crippen molar-refractivity contribution >= 4 is 111 Å². The highest BCUT2D eigenvalue weighted by Gasteiger charge is 2.42. The van der Waals surface area contributed by atoms with E-state index in [0.29, 0.717) is 0 Å². The highest BCUT2D eigenvalue weighted by molar-refractivity contribution is 7.25. The second-order valence-corrected chi connectivity index (χ2v) is 13.6. The van der Waals surface area contributed by atoms with Crippen LogP contribution in [0, 0.1) is 0 Å². The summed E-state index contributed by atoms with van der Waals surface area (Å²) in [6, 6.07) is 55.4. The van der Waals surface area contributed by atoms with E-state index >= 15 is 0 Å². The van der Waals surface area contributed by atoms with Gasteiger partial charge in [0.25, 0.3) is 6.71 Å². The molecule has 0 amide bonds. The molecule has 2 aliphatic rings. The molecule has 7 aromatic carbocycles. The van der Waals surface area contributed by atoms with E-state index in [0.717, 1.165) is 27.6 Å². The molecule has 9 aromatic rings. The zero-order chi connectivity index (χ0) is 30.6. The Hall–Kier alpha value is -5.78. The van der Waals surface area contributed by atoms with Crippen molar-refractivity contribution in [3.8, 4) is 0 Å². The molecule has 0 fully saturated rings. The molecule has 11 rings (SSSR count). The van der Waals surface area contributed by atoms with E-state index in [1.807, 2.05) is 23.5 Å². The quantitative estimate of drug-likeness (QED) is 0.180. The van der Waals surface area contributed by atoms with Crippen LogP contribution in [-0.4, -0.2) is 6.71 Å². The zero-order valence-corrected chi connectivity index (χ0v) is 26.0. The Balaban J connectivity index is 1.18. The lowest BCUT2D eigenvalue weighted by molar-refractivity contribution is 0.669. The summed E-state index contributed by atoms with van der Waals surface area (Å²) in [7, 11) is 0. The summed E-state index contributed by atoms with van der Waals surface area (Å²) in [6.45, 7) is 0.116. The Kier molecular flexibility index (Phi) is 5.07. The number of anilines is 6. The van der Waals surface area contributed by atoms with E-state index in [-0.39, 0.29) is 6.71 Å². The summed E-state index contributed by atoms with van der Waals surface area (Å²) in [5.41, 5.74) is 13.0. The van der Waals surface area contributed by atoms with Crippen LogP contribution in [0.15, 0.2) is 156 Å². The highest BCUT2D eigenvalue weighted by atomic mass is 32.1. The molecule has 3 nitrogen and oxygen atoms in total. The van der Waals surface area contributed by atoms with E-state index < -0.39 is 0 Å².